The molecule has 0 aliphatic carbocycles. The highest BCUT2D eigenvalue weighted by molar-refractivity contribution is 6.62. The van der Waals surface area contributed by atoms with Crippen LogP contribution in [0.25, 0.3) is 0 Å². The van der Waals surface area contributed by atoms with E-state index in [0.717, 1.165) is 32.2 Å². The fourth-order valence-electron chi connectivity index (χ4n) is 3.25. The molecule has 2 saturated heterocycles. The molecule has 0 aromatic carbocycles. The van der Waals surface area contributed by atoms with Gasteiger partial charge in [0.15, 0.2) is 0 Å². The van der Waals surface area contributed by atoms with Crippen LogP contribution < -0.4 is 0 Å². The molecule has 0 saturated carbocycles. The topological polar surface area (TPSA) is 24.9 Å². The minimum atomic E-state index is -2.35. The monoisotopic (exact) mass is 272 g/mol. The Labute approximate surface area is 113 Å². The molecule has 0 radical (unpaired) electrons. The van der Waals surface area contributed by atoms with E-state index in [4.69, 9.17) is 8.85 Å². The van der Waals surface area contributed by atoms with Crippen molar-refractivity contribution in [3.8, 4) is 0 Å². The van der Waals surface area contributed by atoms with Gasteiger partial charge in [-0.25, -0.2) is 0 Å². The van der Waals surface area contributed by atoms with Crippen LogP contribution in [0.5, 0.6) is 0 Å². The van der Waals surface area contributed by atoms with Crippen LogP contribution in [0.1, 0.15) is 40.5 Å². The molecule has 2 aliphatic heterocycles. The summed E-state index contributed by atoms with van der Waals surface area (Å²) in [4.78, 5) is 0. The quantitative estimate of drug-likeness (QED) is 0.717. The van der Waals surface area contributed by atoms with E-state index in [9.17, 15) is 0 Å². The van der Waals surface area contributed by atoms with Crippen molar-refractivity contribution < 1.29 is 8.85 Å². The van der Waals surface area contributed by atoms with E-state index < -0.39 is 8.88 Å². The van der Waals surface area contributed by atoms with E-state index in [0.29, 0.717) is 0 Å². The summed E-state index contributed by atoms with van der Waals surface area (Å²) in [5.74, 6) is 0.754. The van der Waals surface area contributed by atoms with Gasteiger partial charge >= 0.3 is 8.88 Å². The van der Waals surface area contributed by atoms with Crippen molar-refractivity contribution in [2.45, 2.75) is 46.1 Å². The molecule has 2 heterocycles. The van der Waals surface area contributed by atoms with Gasteiger partial charge in [0.2, 0.25) is 0 Å². The van der Waals surface area contributed by atoms with E-state index in [2.05, 4.69) is 36.8 Å². The molecule has 0 amide bonds. The highest BCUT2D eigenvalue weighted by Crippen LogP contribution is 2.33. The van der Waals surface area contributed by atoms with E-state index in [-0.39, 0.29) is 5.54 Å². The van der Waals surface area contributed by atoms with Crippen molar-refractivity contribution in [1.29, 1.82) is 0 Å². The highest BCUT2D eigenvalue weighted by atomic mass is 28.4. The van der Waals surface area contributed by atoms with Crippen molar-refractivity contribution in [1.82, 2.24) is 9.13 Å². The lowest BCUT2D eigenvalue weighted by Crippen LogP contribution is -2.71. The summed E-state index contributed by atoms with van der Waals surface area (Å²) in [6.45, 7) is 13.2. The Bertz CT molecular complexity index is 295. The van der Waals surface area contributed by atoms with Crippen molar-refractivity contribution in [2.75, 3.05) is 33.4 Å². The molecule has 0 bridgehead atoms. The molecule has 2 rings (SSSR count). The van der Waals surface area contributed by atoms with E-state index in [1.165, 1.54) is 12.8 Å². The zero-order valence-electron chi connectivity index (χ0n) is 12.5. The van der Waals surface area contributed by atoms with Crippen LogP contribution in [-0.2, 0) is 8.85 Å². The largest absolute Gasteiger partial charge is 0.522 e. The molecular weight excluding hydrogens is 244 g/mol. The van der Waals surface area contributed by atoms with Crippen LogP contribution in [0.15, 0.2) is 0 Å². The fraction of sp³-hybridized carbons (Fsp3) is 1.00. The summed E-state index contributed by atoms with van der Waals surface area (Å²) in [6.07, 6.45) is 2.60. The van der Waals surface area contributed by atoms with E-state index in [1.54, 1.807) is 0 Å². The smallest absolute Gasteiger partial charge is 0.374 e. The summed E-state index contributed by atoms with van der Waals surface area (Å²) in [5, 5.41) is 0. The van der Waals surface area contributed by atoms with Crippen molar-refractivity contribution in [2.24, 2.45) is 5.92 Å². The molecule has 4 nitrogen and oxygen atoms in total. The maximum Gasteiger partial charge on any atom is 0.522 e. The van der Waals surface area contributed by atoms with Crippen LogP contribution in [-0.4, -0.2) is 56.9 Å². The van der Waals surface area contributed by atoms with Crippen LogP contribution in [0.4, 0.5) is 0 Å². The second kappa shape index (κ2) is 5.21. The summed E-state index contributed by atoms with van der Waals surface area (Å²) < 4.78 is 17.2. The van der Waals surface area contributed by atoms with Gasteiger partial charge in [0.25, 0.3) is 0 Å². The highest BCUT2D eigenvalue weighted by Gasteiger charge is 2.58. The van der Waals surface area contributed by atoms with Crippen LogP contribution in [0.3, 0.4) is 0 Å². The predicted molar refractivity (Wildman–Crippen MR) is 75.1 cm³/mol. The lowest BCUT2D eigenvalue weighted by atomic mass is 10.0. The zero-order valence-corrected chi connectivity index (χ0v) is 13.5. The van der Waals surface area contributed by atoms with Gasteiger partial charge in [-0.2, -0.15) is 0 Å². The second-order valence-corrected chi connectivity index (χ2v) is 9.58. The van der Waals surface area contributed by atoms with Gasteiger partial charge in [-0.1, -0.05) is 6.92 Å². The number of hydrogen-bond donors (Lipinski definition) is 0. The molecule has 2 atom stereocenters. The average Bonchev–Trinajstić information content (AvgIpc) is 2.73. The number of rotatable bonds is 2. The van der Waals surface area contributed by atoms with Crippen LogP contribution >= 0.6 is 0 Å². The minimum absolute atomic E-state index is 0.111. The Morgan fingerprint density at radius 1 is 1.28 bits per heavy atom. The zero-order chi connectivity index (χ0) is 13.4. The first-order valence-electron chi connectivity index (χ1n) is 7.12. The molecule has 0 aromatic rings. The Morgan fingerprint density at radius 2 is 2.00 bits per heavy atom. The summed E-state index contributed by atoms with van der Waals surface area (Å²) >= 11 is 0. The molecular formula is C13H28N2O2Si. The third kappa shape index (κ3) is 2.51. The molecule has 106 valence electrons. The summed E-state index contributed by atoms with van der Waals surface area (Å²) in [6, 6.07) is 0. The Morgan fingerprint density at radius 3 is 2.56 bits per heavy atom. The standard InChI is InChI=1S/C13H28N2O2Si/c1-12-7-6-8-14(11-12)18(16-5)15(9-10-17-18)13(2,3)4/h12H,6-11H2,1-5H3. The third-order valence-corrected chi connectivity index (χ3v) is 7.97. The SMILES string of the molecule is CO[Si]1(N2CCCC(C)C2)OCCN1C(C)(C)C. The average molecular weight is 272 g/mol. The maximum absolute atomic E-state index is 6.19. The van der Waals surface area contributed by atoms with Crippen LogP contribution in [0.2, 0.25) is 0 Å². The molecule has 2 unspecified atom stereocenters. The number of nitrogens with zero attached hydrogens (tertiary/aromatic N) is 2. The lowest BCUT2D eigenvalue weighted by molar-refractivity contribution is 0.0848. The van der Waals surface area contributed by atoms with Gasteiger partial charge in [-0.05, 0) is 52.6 Å². The van der Waals surface area contributed by atoms with Crippen molar-refractivity contribution >= 4 is 8.88 Å². The Balaban J connectivity index is 2.23. The van der Waals surface area contributed by atoms with Crippen molar-refractivity contribution in [3.05, 3.63) is 0 Å². The predicted octanol–water partition coefficient (Wildman–Crippen LogP) is 1.93. The summed E-state index contributed by atoms with van der Waals surface area (Å²) in [5.41, 5.74) is 0.111. The molecule has 0 aromatic heterocycles. The molecule has 0 N–H and O–H groups in total. The molecule has 0 spiro atoms. The van der Waals surface area contributed by atoms with Gasteiger partial charge < -0.3 is 8.85 Å². The van der Waals surface area contributed by atoms with E-state index in [1.807, 2.05) is 7.11 Å². The van der Waals surface area contributed by atoms with Gasteiger partial charge in [-0.15, -0.1) is 0 Å². The first-order chi connectivity index (χ1) is 8.40. The van der Waals surface area contributed by atoms with Gasteiger partial charge in [-0.3, -0.25) is 9.13 Å². The Kier molecular flexibility index (Phi) is 4.19. The normalized spacial score (nSPS) is 36.2. The second-order valence-electron chi connectivity index (χ2n) is 6.62. The molecule has 18 heavy (non-hydrogen) atoms. The minimum Gasteiger partial charge on any atom is -0.374 e. The van der Waals surface area contributed by atoms with E-state index >= 15 is 0 Å². The first kappa shape index (κ1) is 14.5. The summed E-state index contributed by atoms with van der Waals surface area (Å²) in [7, 11) is -0.517. The first-order valence-corrected chi connectivity index (χ1v) is 8.83. The number of piperidine rings is 1. The lowest BCUT2D eigenvalue weighted by Gasteiger charge is -2.47. The maximum atomic E-state index is 6.19. The fourth-order valence-corrected chi connectivity index (χ4v) is 7.09. The molecule has 5 heteroatoms. The van der Waals surface area contributed by atoms with Crippen molar-refractivity contribution in [3.63, 3.8) is 0 Å². The van der Waals surface area contributed by atoms with Gasteiger partial charge in [0, 0.05) is 19.2 Å². The van der Waals surface area contributed by atoms with Crippen LogP contribution in [0, 0.1) is 5.92 Å². The Hall–Kier alpha value is 0.0569. The third-order valence-electron chi connectivity index (χ3n) is 4.08. The molecule has 2 aliphatic rings. The van der Waals surface area contributed by atoms with Gasteiger partial charge in [0.1, 0.15) is 0 Å². The molecule has 2 fully saturated rings. The number of hydrogen-bond acceptors (Lipinski definition) is 4. The van der Waals surface area contributed by atoms with Gasteiger partial charge in [0.05, 0.1) is 6.61 Å².